The summed E-state index contributed by atoms with van der Waals surface area (Å²) in [6.07, 6.45) is -5.36. The Balaban J connectivity index is 3.50. The normalized spacial score (nSPS) is 12.3. The number of ether oxygens (including phenoxy) is 1. The van der Waals surface area contributed by atoms with Crippen LogP contribution in [0.15, 0.2) is 11.0 Å². The van der Waals surface area contributed by atoms with Crippen LogP contribution in [-0.4, -0.2) is 24.7 Å². The number of sulfonamides is 1. The topological polar surface area (TPSA) is 125 Å². The maximum absolute atomic E-state index is 13.1. The van der Waals surface area contributed by atoms with E-state index >= 15 is 0 Å². The molecular weight excluding hydrogens is 302 g/mol. The molecule has 1 rings (SSSR count). The molecule has 0 bridgehead atoms. The van der Waals surface area contributed by atoms with Gasteiger partial charge in [-0.25, -0.2) is 13.6 Å². The summed E-state index contributed by atoms with van der Waals surface area (Å²) in [6, 6.07) is -0.0818. The van der Waals surface area contributed by atoms with Crippen LogP contribution in [0.1, 0.15) is 0 Å². The lowest BCUT2D eigenvalue weighted by atomic mass is 10.4. The summed E-state index contributed by atoms with van der Waals surface area (Å²) in [7, 11) is -4.74. The van der Waals surface area contributed by atoms with Gasteiger partial charge in [0.05, 0.1) is 0 Å². The fourth-order valence-corrected chi connectivity index (χ4v) is 1.61. The SMILES string of the molecule is NS(=O)(=O)c1cc(F)c(OC(F)(F)F)nc1[N+](=O)[O-]. The van der Waals surface area contributed by atoms with E-state index in [0.29, 0.717) is 0 Å². The van der Waals surface area contributed by atoms with Crippen LogP contribution in [0, 0.1) is 15.9 Å². The molecule has 0 fully saturated rings. The van der Waals surface area contributed by atoms with Crippen LogP contribution in [-0.2, 0) is 10.0 Å². The average molecular weight is 305 g/mol. The second kappa shape index (κ2) is 4.58. The molecule has 0 aliphatic carbocycles. The molecule has 0 radical (unpaired) electrons. The first kappa shape index (κ1) is 15.0. The maximum Gasteiger partial charge on any atom is 0.575 e. The van der Waals surface area contributed by atoms with Gasteiger partial charge in [0.1, 0.15) is 0 Å². The maximum atomic E-state index is 13.1. The lowest BCUT2D eigenvalue weighted by Gasteiger charge is -2.06. The molecule has 106 valence electrons. The lowest BCUT2D eigenvalue weighted by molar-refractivity contribution is -0.393. The first-order valence-electron chi connectivity index (χ1n) is 4.05. The van der Waals surface area contributed by atoms with Crippen molar-refractivity contribution in [3.8, 4) is 5.88 Å². The van der Waals surface area contributed by atoms with Crippen molar-refractivity contribution in [2.75, 3.05) is 0 Å². The summed E-state index contributed by atoms with van der Waals surface area (Å²) in [4.78, 5) is 10.2. The number of pyridine rings is 1. The molecule has 0 amide bonds. The Hall–Kier alpha value is -2.02. The van der Waals surface area contributed by atoms with Crippen molar-refractivity contribution in [1.82, 2.24) is 4.98 Å². The van der Waals surface area contributed by atoms with Crippen molar-refractivity contribution < 1.29 is 35.6 Å². The number of nitrogens with zero attached hydrogens (tertiary/aromatic N) is 2. The van der Waals surface area contributed by atoms with Crippen molar-refractivity contribution in [3.63, 3.8) is 0 Å². The minimum Gasteiger partial charge on any atom is -0.364 e. The van der Waals surface area contributed by atoms with Gasteiger partial charge in [0, 0.05) is 11.1 Å². The minimum absolute atomic E-state index is 0.0818. The molecule has 0 saturated carbocycles. The van der Waals surface area contributed by atoms with Gasteiger partial charge in [-0.2, -0.15) is 4.39 Å². The standard InChI is InChI=1S/C6H3F4N3O5S/c7-2-1-3(19(11,16)17)4(13(14)15)12-5(2)18-6(8,9)10/h1H,(H2,11,16,17). The largest absolute Gasteiger partial charge is 0.575 e. The smallest absolute Gasteiger partial charge is 0.364 e. The Kier molecular flexibility index (Phi) is 3.63. The first-order valence-corrected chi connectivity index (χ1v) is 5.60. The summed E-state index contributed by atoms with van der Waals surface area (Å²) in [5, 5.41) is 15.0. The van der Waals surface area contributed by atoms with E-state index in [-0.39, 0.29) is 6.07 Å². The molecule has 1 aromatic heterocycles. The molecule has 1 aromatic rings. The van der Waals surface area contributed by atoms with Gasteiger partial charge in [0.15, 0.2) is 4.90 Å². The Morgan fingerprint density at radius 1 is 1.42 bits per heavy atom. The fourth-order valence-electron chi connectivity index (χ4n) is 0.967. The van der Waals surface area contributed by atoms with Gasteiger partial charge in [-0.3, -0.25) is 0 Å². The Bertz CT molecular complexity index is 628. The zero-order valence-corrected chi connectivity index (χ0v) is 9.33. The fraction of sp³-hybridized carbons (Fsp3) is 0.167. The predicted molar refractivity (Wildman–Crippen MR) is 48.9 cm³/mol. The number of nitro groups is 1. The molecule has 0 atom stereocenters. The second-order valence-corrected chi connectivity index (χ2v) is 4.48. The van der Waals surface area contributed by atoms with Crippen molar-refractivity contribution in [2.45, 2.75) is 11.3 Å². The third-order valence-electron chi connectivity index (χ3n) is 1.58. The highest BCUT2D eigenvalue weighted by Gasteiger charge is 2.38. The molecule has 0 aromatic carbocycles. The monoisotopic (exact) mass is 305 g/mol. The molecule has 0 unspecified atom stereocenters. The summed E-state index contributed by atoms with van der Waals surface area (Å²) in [5.41, 5.74) is 0. The molecule has 19 heavy (non-hydrogen) atoms. The van der Waals surface area contributed by atoms with E-state index in [1.165, 1.54) is 0 Å². The van der Waals surface area contributed by atoms with Gasteiger partial charge in [0.25, 0.3) is 0 Å². The van der Waals surface area contributed by atoms with Crippen LogP contribution in [0.25, 0.3) is 0 Å². The number of alkyl halides is 3. The molecule has 0 saturated heterocycles. The Morgan fingerprint density at radius 2 is 1.95 bits per heavy atom. The molecule has 0 aliphatic rings. The van der Waals surface area contributed by atoms with Crippen molar-refractivity contribution in [1.29, 1.82) is 0 Å². The van der Waals surface area contributed by atoms with Gasteiger partial charge >= 0.3 is 18.1 Å². The highest BCUT2D eigenvalue weighted by molar-refractivity contribution is 7.89. The molecule has 1 heterocycles. The zero-order valence-electron chi connectivity index (χ0n) is 8.51. The highest BCUT2D eigenvalue weighted by Crippen LogP contribution is 2.29. The van der Waals surface area contributed by atoms with Gasteiger partial charge in [-0.05, 0) is 4.92 Å². The van der Waals surface area contributed by atoms with Crippen molar-refractivity contribution in [3.05, 3.63) is 22.0 Å². The number of rotatable bonds is 3. The van der Waals surface area contributed by atoms with Crippen molar-refractivity contribution in [2.24, 2.45) is 5.14 Å². The van der Waals surface area contributed by atoms with Crippen molar-refractivity contribution >= 4 is 15.8 Å². The lowest BCUT2D eigenvalue weighted by Crippen LogP contribution is -2.21. The number of hydrogen-bond acceptors (Lipinski definition) is 6. The highest BCUT2D eigenvalue weighted by atomic mass is 32.2. The first-order chi connectivity index (χ1) is 8.42. The summed E-state index contributed by atoms with van der Waals surface area (Å²) in [5.74, 6) is -5.23. The number of aromatic nitrogens is 1. The molecule has 13 heteroatoms. The van der Waals surface area contributed by atoms with E-state index in [9.17, 15) is 36.1 Å². The van der Waals surface area contributed by atoms with Crippen LogP contribution in [0.5, 0.6) is 5.88 Å². The van der Waals surface area contributed by atoms with Crippen LogP contribution in [0.2, 0.25) is 0 Å². The quantitative estimate of drug-likeness (QED) is 0.497. The number of halogens is 4. The van der Waals surface area contributed by atoms with Crippen LogP contribution < -0.4 is 9.88 Å². The Labute approximate surface area is 102 Å². The minimum atomic E-state index is -5.36. The van der Waals surface area contributed by atoms with Gasteiger partial charge in [-0.1, -0.05) is 0 Å². The molecule has 0 spiro atoms. The van der Waals surface area contributed by atoms with Crippen LogP contribution in [0.4, 0.5) is 23.4 Å². The average Bonchev–Trinajstić information content (AvgIpc) is 2.16. The van der Waals surface area contributed by atoms with Crippen LogP contribution in [0.3, 0.4) is 0 Å². The summed E-state index contributed by atoms with van der Waals surface area (Å²) < 4.78 is 73.6. The van der Waals surface area contributed by atoms with Gasteiger partial charge in [0.2, 0.25) is 15.8 Å². The number of primary sulfonamides is 1. The van der Waals surface area contributed by atoms with Gasteiger partial charge < -0.3 is 14.9 Å². The molecular formula is C6H3F4N3O5S. The van der Waals surface area contributed by atoms with E-state index in [0.717, 1.165) is 0 Å². The van der Waals surface area contributed by atoms with E-state index in [2.05, 4.69) is 14.9 Å². The predicted octanol–water partition coefficient (Wildman–Crippen LogP) is 0.675. The second-order valence-electron chi connectivity index (χ2n) is 2.95. The number of hydrogen-bond donors (Lipinski definition) is 1. The van der Waals surface area contributed by atoms with E-state index < -0.39 is 43.7 Å². The van der Waals surface area contributed by atoms with Gasteiger partial charge in [-0.15, -0.1) is 13.2 Å². The van der Waals surface area contributed by atoms with E-state index in [1.54, 1.807) is 0 Å². The zero-order chi connectivity index (χ0) is 15.0. The molecule has 2 N–H and O–H groups in total. The summed E-state index contributed by atoms with van der Waals surface area (Å²) in [6.45, 7) is 0. The third-order valence-corrected chi connectivity index (χ3v) is 2.50. The van der Waals surface area contributed by atoms with E-state index in [1.807, 2.05) is 0 Å². The molecule has 0 aliphatic heterocycles. The Morgan fingerprint density at radius 3 is 2.32 bits per heavy atom. The number of nitrogens with two attached hydrogens (primary N) is 1. The molecule has 8 nitrogen and oxygen atoms in total. The summed E-state index contributed by atoms with van der Waals surface area (Å²) >= 11 is 0. The van der Waals surface area contributed by atoms with Crippen LogP contribution >= 0.6 is 0 Å². The third kappa shape index (κ3) is 3.72. The van der Waals surface area contributed by atoms with E-state index in [4.69, 9.17) is 0 Å².